The molecule has 0 heterocycles. The normalized spacial score (nSPS) is 12.1. The Labute approximate surface area is 123 Å². The minimum absolute atomic E-state index is 0.130. The van der Waals surface area contributed by atoms with E-state index < -0.39 is 6.04 Å². The molecule has 0 bridgehead atoms. The van der Waals surface area contributed by atoms with Gasteiger partial charge >= 0.3 is 0 Å². The van der Waals surface area contributed by atoms with Gasteiger partial charge in [0.05, 0.1) is 17.4 Å². The Morgan fingerprint density at radius 2 is 2.16 bits per heavy atom. The fraction of sp³-hybridized carbons (Fsp3) is 0.500. The molecule has 0 aliphatic heterocycles. The molecule has 4 nitrogen and oxygen atoms in total. The van der Waals surface area contributed by atoms with Crippen LogP contribution in [0.1, 0.15) is 26.2 Å². The van der Waals surface area contributed by atoms with Crippen LogP contribution in [0.15, 0.2) is 22.7 Å². The van der Waals surface area contributed by atoms with Crippen LogP contribution in [0.4, 0.5) is 11.4 Å². The van der Waals surface area contributed by atoms with Crippen molar-refractivity contribution in [3.8, 4) is 0 Å². The fourth-order valence-corrected chi connectivity index (χ4v) is 2.14. The topological polar surface area (TPSA) is 58.4 Å². The molecule has 0 aromatic heterocycles. The van der Waals surface area contributed by atoms with Gasteiger partial charge in [0.2, 0.25) is 5.91 Å². The fourth-order valence-electron chi connectivity index (χ4n) is 1.78. The summed E-state index contributed by atoms with van der Waals surface area (Å²) in [4.78, 5) is 14.0. The van der Waals surface area contributed by atoms with Crippen LogP contribution in [-0.4, -0.2) is 26.0 Å². The average molecular weight is 328 g/mol. The van der Waals surface area contributed by atoms with E-state index in [1.807, 2.05) is 37.2 Å². The first kappa shape index (κ1) is 16.0. The number of benzene rings is 1. The zero-order chi connectivity index (χ0) is 14.4. The lowest BCUT2D eigenvalue weighted by atomic mass is 10.1. The molecule has 1 unspecified atom stereocenters. The predicted molar refractivity (Wildman–Crippen MR) is 84.6 cm³/mol. The van der Waals surface area contributed by atoms with Crippen LogP contribution < -0.4 is 16.0 Å². The Morgan fingerprint density at radius 1 is 1.47 bits per heavy atom. The Hall–Kier alpha value is -1.07. The van der Waals surface area contributed by atoms with Crippen molar-refractivity contribution >= 4 is 33.2 Å². The number of nitrogens with zero attached hydrogens (tertiary/aromatic N) is 1. The molecule has 1 rings (SSSR count). The van der Waals surface area contributed by atoms with E-state index in [2.05, 4.69) is 28.2 Å². The Morgan fingerprint density at radius 3 is 2.74 bits per heavy atom. The van der Waals surface area contributed by atoms with Crippen LogP contribution in [-0.2, 0) is 4.79 Å². The van der Waals surface area contributed by atoms with Gasteiger partial charge in [-0.15, -0.1) is 0 Å². The number of amides is 1. The van der Waals surface area contributed by atoms with Crippen LogP contribution in [0.2, 0.25) is 0 Å². The van der Waals surface area contributed by atoms with E-state index in [4.69, 9.17) is 5.73 Å². The van der Waals surface area contributed by atoms with Gasteiger partial charge in [-0.25, -0.2) is 0 Å². The van der Waals surface area contributed by atoms with Crippen molar-refractivity contribution in [1.82, 2.24) is 0 Å². The quantitative estimate of drug-likeness (QED) is 0.844. The standard InChI is InChI=1S/C14H22BrN3O/c1-4-5-6-11(16)14(19)17-12-9-10(15)7-8-13(12)18(2)3/h7-9,11H,4-6,16H2,1-3H3,(H,17,19). The second-order valence-corrected chi connectivity index (χ2v) is 5.71. The number of halogens is 1. The first-order valence-electron chi connectivity index (χ1n) is 6.49. The summed E-state index contributed by atoms with van der Waals surface area (Å²) in [6, 6.07) is 5.34. The number of anilines is 2. The van der Waals surface area contributed by atoms with E-state index in [0.29, 0.717) is 6.42 Å². The van der Waals surface area contributed by atoms with Gasteiger partial charge in [-0.05, 0) is 24.6 Å². The lowest BCUT2D eigenvalue weighted by molar-refractivity contribution is -0.117. The maximum atomic E-state index is 12.0. The highest BCUT2D eigenvalue weighted by molar-refractivity contribution is 9.10. The number of rotatable bonds is 6. The summed E-state index contributed by atoms with van der Waals surface area (Å²) in [6.07, 6.45) is 2.72. The van der Waals surface area contributed by atoms with Gasteiger partial charge in [0.25, 0.3) is 0 Å². The maximum absolute atomic E-state index is 12.0. The third-order valence-electron chi connectivity index (χ3n) is 2.90. The molecule has 1 atom stereocenters. The molecule has 0 aliphatic carbocycles. The summed E-state index contributed by atoms with van der Waals surface area (Å²) in [6.45, 7) is 2.09. The molecule has 1 amide bonds. The number of nitrogens with one attached hydrogen (secondary N) is 1. The van der Waals surface area contributed by atoms with Crippen molar-refractivity contribution in [2.24, 2.45) is 5.73 Å². The molecule has 19 heavy (non-hydrogen) atoms. The SMILES string of the molecule is CCCCC(N)C(=O)Nc1cc(Br)ccc1N(C)C. The highest BCUT2D eigenvalue weighted by atomic mass is 79.9. The van der Waals surface area contributed by atoms with Crippen molar-refractivity contribution < 1.29 is 4.79 Å². The van der Waals surface area contributed by atoms with Gasteiger partial charge < -0.3 is 16.0 Å². The molecule has 3 N–H and O–H groups in total. The highest BCUT2D eigenvalue weighted by Gasteiger charge is 2.15. The molecule has 0 radical (unpaired) electrons. The number of nitrogens with two attached hydrogens (primary N) is 1. The van der Waals surface area contributed by atoms with E-state index in [1.54, 1.807) is 0 Å². The monoisotopic (exact) mass is 327 g/mol. The Balaban J connectivity index is 2.80. The minimum Gasteiger partial charge on any atom is -0.376 e. The van der Waals surface area contributed by atoms with Crippen molar-refractivity contribution in [3.05, 3.63) is 22.7 Å². The first-order valence-corrected chi connectivity index (χ1v) is 7.28. The highest BCUT2D eigenvalue weighted by Crippen LogP contribution is 2.28. The summed E-state index contributed by atoms with van der Waals surface area (Å²) in [7, 11) is 3.88. The minimum atomic E-state index is -0.450. The molecule has 5 heteroatoms. The molecule has 0 spiro atoms. The van der Waals surface area contributed by atoms with Gasteiger partial charge in [0.15, 0.2) is 0 Å². The zero-order valence-electron chi connectivity index (χ0n) is 11.7. The molecular weight excluding hydrogens is 306 g/mol. The molecule has 106 valence electrons. The lowest BCUT2D eigenvalue weighted by Crippen LogP contribution is -2.35. The van der Waals surface area contributed by atoms with Crippen molar-refractivity contribution in [2.45, 2.75) is 32.2 Å². The zero-order valence-corrected chi connectivity index (χ0v) is 13.3. The smallest absolute Gasteiger partial charge is 0.241 e. The summed E-state index contributed by atoms with van der Waals surface area (Å²) >= 11 is 3.41. The van der Waals surface area contributed by atoms with Crippen molar-refractivity contribution in [3.63, 3.8) is 0 Å². The molecule has 0 aliphatic rings. The maximum Gasteiger partial charge on any atom is 0.241 e. The number of unbranched alkanes of at least 4 members (excludes halogenated alkanes) is 1. The van der Waals surface area contributed by atoms with Gasteiger partial charge in [-0.1, -0.05) is 35.7 Å². The van der Waals surface area contributed by atoms with Crippen LogP contribution in [0.25, 0.3) is 0 Å². The van der Waals surface area contributed by atoms with E-state index in [0.717, 1.165) is 28.7 Å². The number of carbonyl (C=O) groups is 1. The van der Waals surface area contributed by atoms with Gasteiger partial charge in [-0.2, -0.15) is 0 Å². The molecule has 0 fully saturated rings. The molecule has 1 aromatic carbocycles. The second-order valence-electron chi connectivity index (χ2n) is 4.79. The van der Waals surface area contributed by atoms with Crippen LogP contribution in [0.3, 0.4) is 0 Å². The van der Waals surface area contributed by atoms with E-state index in [-0.39, 0.29) is 5.91 Å². The van der Waals surface area contributed by atoms with Crippen LogP contribution in [0, 0.1) is 0 Å². The van der Waals surface area contributed by atoms with E-state index >= 15 is 0 Å². The summed E-state index contributed by atoms with van der Waals surface area (Å²) in [5.74, 6) is -0.130. The number of hydrogen-bond acceptors (Lipinski definition) is 3. The van der Waals surface area contributed by atoms with Crippen molar-refractivity contribution in [2.75, 3.05) is 24.3 Å². The average Bonchev–Trinajstić information content (AvgIpc) is 2.35. The Bertz CT molecular complexity index is 435. The molecule has 0 saturated heterocycles. The van der Waals surface area contributed by atoms with E-state index in [1.165, 1.54) is 0 Å². The van der Waals surface area contributed by atoms with E-state index in [9.17, 15) is 4.79 Å². The third-order valence-corrected chi connectivity index (χ3v) is 3.40. The summed E-state index contributed by atoms with van der Waals surface area (Å²) in [5, 5.41) is 2.91. The number of hydrogen-bond donors (Lipinski definition) is 2. The summed E-state index contributed by atoms with van der Waals surface area (Å²) < 4.78 is 0.926. The predicted octanol–water partition coefficient (Wildman–Crippen LogP) is 2.97. The van der Waals surface area contributed by atoms with Crippen LogP contribution in [0.5, 0.6) is 0 Å². The summed E-state index contributed by atoms with van der Waals surface area (Å²) in [5.41, 5.74) is 7.61. The molecular formula is C14H22BrN3O. The van der Waals surface area contributed by atoms with Gasteiger partial charge in [0, 0.05) is 18.6 Å². The van der Waals surface area contributed by atoms with Gasteiger partial charge in [0.1, 0.15) is 0 Å². The van der Waals surface area contributed by atoms with Gasteiger partial charge in [-0.3, -0.25) is 4.79 Å². The molecule has 1 aromatic rings. The van der Waals surface area contributed by atoms with Crippen LogP contribution >= 0.6 is 15.9 Å². The lowest BCUT2D eigenvalue weighted by Gasteiger charge is -2.19. The largest absolute Gasteiger partial charge is 0.376 e. The Kier molecular flexibility index (Phi) is 6.31. The third kappa shape index (κ3) is 4.84. The van der Waals surface area contributed by atoms with Crippen molar-refractivity contribution in [1.29, 1.82) is 0 Å². The number of carbonyl (C=O) groups excluding carboxylic acids is 1. The first-order chi connectivity index (χ1) is 8.95. The second kappa shape index (κ2) is 7.50. The molecule has 0 saturated carbocycles.